The molecule has 3 heteroatoms. The number of hydrogen-bond acceptors (Lipinski definition) is 3. The van der Waals surface area contributed by atoms with Gasteiger partial charge in [0.15, 0.2) is 0 Å². The lowest BCUT2D eigenvalue weighted by Gasteiger charge is -2.31. The van der Waals surface area contributed by atoms with E-state index >= 15 is 0 Å². The highest BCUT2D eigenvalue weighted by Gasteiger charge is 2.23. The predicted octanol–water partition coefficient (Wildman–Crippen LogP) is 5.71. The highest BCUT2D eigenvalue weighted by Crippen LogP contribution is 2.42. The third kappa shape index (κ3) is 4.58. The maximum Gasteiger partial charge on any atom is 0.146 e. The zero-order chi connectivity index (χ0) is 17.5. The summed E-state index contributed by atoms with van der Waals surface area (Å²) in [6.07, 6.45) is 8.76. The Hall–Kier alpha value is -1.38. The van der Waals surface area contributed by atoms with E-state index in [4.69, 9.17) is 4.74 Å². The quantitative estimate of drug-likeness (QED) is 0.618. The molecule has 1 saturated heterocycles. The van der Waals surface area contributed by atoms with Crippen LogP contribution >= 0.6 is 0 Å². The van der Waals surface area contributed by atoms with Crippen molar-refractivity contribution in [1.82, 2.24) is 0 Å². The normalized spacial score (nSPS) is 17.6. The molecule has 1 aromatic rings. The van der Waals surface area contributed by atoms with Crippen LogP contribution in [0.4, 0.5) is 5.69 Å². The minimum atomic E-state index is 0.374. The molecular formula is C21H35NO2. The lowest BCUT2D eigenvalue weighted by atomic mass is 9.85. The van der Waals surface area contributed by atoms with Gasteiger partial charge >= 0.3 is 0 Å². The Morgan fingerprint density at radius 2 is 1.83 bits per heavy atom. The van der Waals surface area contributed by atoms with E-state index in [1.54, 1.807) is 7.11 Å². The van der Waals surface area contributed by atoms with Gasteiger partial charge in [-0.15, -0.1) is 0 Å². The SMILES string of the molecule is CCCCCC(C)C(C)c1cc(O)c(N2CCCCC2)c(OC)c1. The van der Waals surface area contributed by atoms with Crippen molar-refractivity contribution in [2.45, 2.75) is 71.6 Å². The van der Waals surface area contributed by atoms with Gasteiger partial charge in [0, 0.05) is 13.1 Å². The van der Waals surface area contributed by atoms with Crippen LogP contribution in [-0.4, -0.2) is 25.3 Å². The molecule has 136 valence electrons. The molecule has 2 rings (SSSR count). The fourth-order valence-electron chi connectivity index (χ4n) is 3.76. The van der Waals surface area contributed by atoms with Crippen LogP contribution in [0, 0.1) is 5.92 Å². The summed E-state index contributed by atoms with van der Waals surface area (Å²) in [6.45, 7) is 8.85. The zero-order valence-electron chi connectivity index (χ0n) is 16.0. The van der Waals surface area contributed by atoms with Crippen molar-refractivity contribution in [2.75, 3.05) is 25.1 Å². The van der Waals surface area contributed by atoms with Crippen molar-refractivity contribution < 1.29 is 9.84 Å². The molecule has 0 saturated carbocycles. The molecule has 1 N–H and O–H groups in total. The number of aromatic hydroxyl groups is 1. The first-order valence-corrected chi connectivity index (χ1v) is 9.74. The Bertz CT molecular complexity index is 509. The molecule has 1 heterocycles. The van der Waals surface area contributed by atoms with Gasteiger partial charge in [-0.3, -0.25) is 0 Å². The number of phenolic OH excluding ortho intramolecular Hbond substituents is 1. The average molecular weight is 334 g/mol. The minimum absolute atomic E-state index is 0.374. The van der Waals surface area contributed by atoms with E-state index in [-0.39, 0.29) is 0 Å². The predicted molar refractivity (Wildman–Crippen MR) is 102 cm³/mol. The summed E-state index contributed by atoms with van der Waals surface area (Å²) < 4.78 is 5.65. The number of nitrogens with zero attached hydrogens (tertiary/aromatic N) is 1. The Kier molecular flexibility index (Phi) is 7.26. The van der Waals surface area contributed by atoms with Gasteiger partial charge in [-0.1, -0.05) is 46.5 Å². The molecule has 24 heavy (non-hydrogen) atoms. The number of phenols is 1. The Morgan fingerprint density at radius 1 is 1.12 bits per heavy atom. The molecule has 0 aliphatic carbocycles. The Morgan fingerprint density at radius 3 is 2.46 bits per heavy atom. The van der Waals surface area contributed by atoms with Gasteiger partial charge in [0.2, 0.25) is 0 Å². The molecule has 1 aliphatic heterocycles. The number of rotatable bonds is 8. The van der Waals surface area contributed by atoms with Gasteiger partial charge in [-0.05, 0) is 48.8 Å². The summed E-state index contributed by atoms with van der Waals surface area (Å²) in [5, 5.41) is 10.7. The summed E-state index contributed by atoms with van der Waals surface area (Å²) in [7, 11) is 1.71. The van der Waals surface area contributed by atoms with Gasteiger partial charge in [0.25, 0.3) is 0 Å². The maximum atomic E-state index is 10.7. The number of hydrogen-bond donors (Lipinski definition) is 1. The number of benzene rings is 1. The third-order valence-corrected chi connectivity index (χ3v) is 5.61. The molecule has 0 spiro atoms. The Balaban J connectivity index is 2.18. The van der Waals surface area contributed by atoms with Crippen molar-refractivity contribution >= 4 is 5.69 Å². The monoisotopic (exact) mass is 333 g/mol. The number of piperidine rings is 1. The number of ether oxygens (including phenoxy) is 1. The molecule has 2 atom stereocenters. The van der Waals surface area contributed by atoms with E-state index in [2.05, 4.69) is 31.7 Å². The smallest absolute Gasteiger partial charge is 0.146 e. The Labute approximate surface area is 148 Å². The van der Waals surface area contributed by atoms with E-state index < -0.39 is 0 Å². The van der Waals surface area contributed by atoms with Crippen molar-refractivity contribution in [3.63, 3.8) is 0 Å². The third-order valence-electron chi connectivity index (χ3n) is 5.61. The summed E-state index contributed by atoms with van der Waals surface area (Å²) in [5.74, 6) is 2.23. The van der Waals surface area contributed by atoms with E-state index in [1.165, 1.54) is 50.5 Å². The van der Waals surface area contributed by atoms with E-state index in [1.807, 2.05) is 6.07 Å². The molecule has 1 aromatic carbocycles. The van der Waals surface area contributed by atoms with Crippen molar-refractivity contribution in [3.8, 4) is 11.5 Å². The molecule has 0 bridgehead atoms. The summed E-state index contributed by atoms with van der Waals surface area (Å²) in [4.78, 5) is 2.27. The molecule has 2 unspecified atom stereocenters. The molecule has 3 nitrogen and oxygen atoms in total. The van der Waals surface area contributed by atoms with E-state index in [9.17, 15) is 5.11 Å². The molecule has 0 aromatic heterocycles. The number of methoxy groups -OCH3 is 1. The lowest BCUT2D eigenvalue weighted by Crippen LogP contribution is -2.29. The highest BCUT2D eigenvalue weighted by molar-refractivity contribution is 5.69. The number of unbranched alkanes of at least 4 members (excludes halogenated alkanes) is 2. The maximum absolute atomic E-state index is 10.7. The largest absolute Gasteiger partial charge is 0.506 e. The van der Waals surface area contributed by atoms with Crippen molar-refractivity contribution in [3.05, 3.63) is 17.7 Å². The van der Waals surface area contributed by atoms with Gasteiger partial charge in [-0.25, -0.2) is 0 Å². The lowest BCUT2D eigenvalue weighted by molar-refractivity contribution is 0.397. The fourth-order valence-corrected chi connectivity index (χ4v) is 3.76. The van der Waals surface area contributed by atoms with Crippen LogP contribution < -0.4 is 9.64 Å². The molecule has 1 aliphatic rings. The van der Waals surface area contributed by atoms with Crippen LogP contribution in [-0.2, 0) is 0 Å². The van der Waals surface area contributed by atoms with E-state index in [0.29, 0.717) is 17.6 Å². The fraction of sp³-hybridized carbons (Fsp3) is 0.714. The molecule has 0 radical (unpaired) electrons. The van der Waals surface area contributed by atoms with Crippen LogP contribution in [0.25, 0.3) is 0 Å². The highest BCUT2D eigenvalue weighted by atomic mass is 16.5. The van der Waals surface area contributed by atoms with Crippen molar-refractivity contribution in [1.29, 1.82) is 0 Å². The summed E-state index contributed by atoms with van der Waals surface area (Å²) in [5.41, 5.74) is 2.07. The minimum Gasteiger partial charge on any atom is -0.506 e. The van der Waals surface area contributed by atoms with Crippen LogP contribution in [0.3, 0.4) is 0 Å². The molecule has 0 amide bonds. The second-order valence-electron chi connectivity index (χ2n) is 7.40. The standard InChI is InChI=1S/C21H35NO2/c1-5-6-8-11-16(2)17(3)18-14-19(23)21(20(15-18)24-4)22-12-9-7-10-13-22/h14-17,23H,5-13H2,1-4H3. The average Bonchev–Trinajstić information content (AvgIpc) is 2.61. The summed E-state index contributed by atoms with van der Waals surface area (Å²) in [6, 6.07) is 4.11. The van der Waals surface area contributed by atoms with Gasteiger partial charge < -0.3 is 14.7 Å². The van der Waals surface area contributed by atoms with Crippen LogP contribution in [0.5, 0.6) is 11.5 Å². The first-order valence-electron chi connectivity index (χ1n) is 9.74. The van der Waals surface area contributed by atoms with Crippen LogP contribution in [0.15, 0.2) is 12.1 Å². The summed E-state index contributed by atoms with van der Waals surface area (Å²) >= 11 is 0. The number of anilines is 1. The zero-order valence-corrected chi connectivity index (χ0v) is 16.0. The van der Waals surface area contributed by atoms with E-state index in [0.717, 1.165) is 24.5 Å². The molecular weight excluding hydrogens is 298 g/mol. The van der Waals surface area contributed by atoms with Gasteiger partial charge in [0.1, 0.15) is 17.2 Å². The van der Waals surface area contributed by atoms with Crippen LogP contribution in [0.1, 0.15) is 77.2 Å². The van der Waals surface area contributed by atoms with Crippen LogP contribution in [0.2, 0.25) is 0 Å². The first kappa shape index (κ1) is 19.0. The topological polar surface area (TPSA) is 32.7 Å². The second kappa shape index (κ2) is 9.19. The first-order chi connectivity index (χ1) is 11.6. The van der Waals surface area contributed by atoms with Gasteiger partial charge in [0.05, 0.1) is 7.11 Å². The second-order valence-corrected chi connectivity index (χ2v) is 7.40. The molecule has 1 fully saturated rings. The van der Waals surface area contributed by atoms with Gasteiger partial charge in [-0.2, -0.15) is 0 Å². The van der Waals surface area contributed by atoms with Crippen molar-refractivity contribution in [2.24, 2.45) is 5.92 Å².